The Balaban J connectivity index is 1.72. The van der Waals surface area contributed by atoms with Gasteiger partial charge in [0.25, 0.3) is 0 Å². The van der Waals surface area contributed by atoms with Gasteiger partial charge in [-0.2, -0.15) is 4.31 Å². The zero-order chi connectivity index (χ0) is 19.7. The Morgan fingerprint density at radius 1 is 1.18 bits per heavy atom. The molecule has 2 aliphatic rings. The minimum absolute atomic E-state index is 0.279. The van der Waals surface area contributed by atoms with Crippen LogP contribution in [0.25, 0.3) is 0 Å². The first-order valence-corrected chi connectivity index (χ1v) is 11.2. The molecule has 2 aromatic rings. The normalized spacial score (nSPS) is 18.1. The van der Waals surface area contributed by atoms with Gasteiger partial charge in [0, 0.05) is 44.6 Å². The Morgan fingerprint density at radius 3 is 2.68 bits per heavy atom. The number of benzene rings is 1. The van der Waals surface area contributed by atoms with E-state index in [2.05, 4.69) is 4.90 Å². The molecule has 28 heavy (non-hydrogen) atoms. The van der Waals surface area contributed by atoms with Crippen molar-refractivity contribution >= 4 is 15.8 Å². The molecule has 0 N–H and O–H groups in total. The summed E-state index contributed by atoms with van der Waals surface area (Å²) in [6.45, 7) is 3.29. The monoisotopic (exact) mass is 406 g/mol. The fraction of sp³-hybridized carbons (Fsp3) is 0.474. The smallest absolute Gasteiger partial charge is 0.211 e. The highest BCUT2D eigenvalue weighted by molar-refractivity contribution is 7.88. The molecule has 150 valence electrons. The van der Waals surface area contributed by atoms with Crippen LogP contribution in [0.4, 0.5) is 10.2 Å². The Hall–Kier alpha value is -2.10. The van der Waals surface area contributed by atoms with Crippen LogP contribution in [0.5, 0.6) is 0 Å². The molecule has 0 spiro atoms. The first-order chi connectivity index (χ1) is 13.4. The van der Waals surface area contributed by atoms with E-state index in [0.717, 1.165) is 22.6 Å². The van der Waals surface area contributed by atoms with E-state index in [0.29, 0.717) is 51.5 Å². The number of aromatic nitrogens is 2. The predicted molar refractivity (Wildman–Crippen MR) is 103 cm³/mol. The molecular weight excluding hydrogens is 383 g/mol. The Bertz CT molecular complexity index is 977. The molecule has 0 unspecified atom stereocenters. The highest BCUT2D eigenvalue weighted by Gasteiger charge is 2.29. The van der Waals surface area contributed by atoms with Gasteiger partial charge in [0.1, 0.15) is 17.5 Å². The zero-order valence-corrected chi connectivity index (χ0v) is 16.6. The van der Waals surface area contributed by atoms with Crippen LogP contribution >= 0.6 is 0 Å². The first kappa shape index (κ1) is 19.2. The van der Waals surface area contributed by atoms with Crippen molar-refractivity contribution in [2.45, 2.75) is 19.4 Å². The highest BCUT2D eigenvalue weighted by Crippen LogP contribution is 2.29. The molecule has 9 heteroatoms. The SMILES string of the molecule is CS(=O)(=O)N1CCc2nc(Cc3cccc(F)c3)nc(N3CCOCC3)c2C1. The summed E-state index contributed by atoms with van der Waals surface area (Å²) in [5.41, 5.74) is 2.55. The molecule has 1 aromatic carbocycles. The van der Waals surface area contributed by atoms with Crippen molar-refractivity contribution < 1.29 is 17.5 Å². The van der Waals surface area contributed by atoms with Crippen LogP contribution in [0.1, 0.15) is 22.6 Å². The van der Waals surface area contributed by atoms with Crippen molar-refractivity contribution in [1.29, 1.82) is 0 Å². The van der Waals surface area contributed by atoms with Gasteiger partial charge in [-0.15, -0.1) is 0 Å². The van der Waals surface area contributed by atoms with Crippen LogP contribution in [0.2, 0.25) is 0 Å². The third-order valence-electron chi connectivity index (χ3n) is 5.08. The van der Waals surface area contributed by atoms with Crippen molar-refractivity contribution in [3.8, 4) is 0 Å². The van der Waals surface area contributed by atoms with Crippen LogP contribution in [-0.4, -0.2) is 61.8 Å². The van der Waals surface area contributed by atoms with Crippen molar-refractivity contribution in [1.82, 2.24) is 14.3 Å². The van der Waals surface area contributed by atoms with Crippen LogP contribution in [0, 0.1) is 5.82 Å². The maximum absolute atomic E-state index is 13.5. The quantitative estimate of drug-likeness (QED) is 0.763. The van der Waals surface area contributed by atoms with Crippen molar-refractivity contribution in [3.63, 3.8) is 0 Å². The van der Waals surface area contributed by atoms with Crippen LogP contribution in [0.15, 0.2) is 24.3 Å². The molecule has 4 rings (SSSR count). The Kier molecular flexibility index (Phi) is 5.31. The summed E-state index contributed by atoms with van der Waals surface area (Å²) >= 11 is 0. The van der Waals surface area contributed by atoms with E-state index in [1.165, 1.54) is 22.7 Å². The summed E-state index contributed by atoms with van der Waals surface area (Å²) < 4.78 is 44.5. The molecule has 7 nitrogen and oxygen atoms in total. The molecular formula is C19H23FN4O3S. The number of hydrogen-bond donors (Lipinski definition) is 0. The lowest BCUT2D eigenvalue weighted by molar-refractivity contribution is 0.122. The molecule has 0 aliphatic carbocycles. The third-order valence-corrected chi connectivity index (χ3v) is 6.33. The average molecular weight is 406 g/mol. The van der Waals surface area contributed by atoms with Gasteiger partial charge in [0.05, 0.1) is 25.2 Å². The standard InChI is InChI=1S/C19H23FN4O3S/c1-28(25,26)24-6-5-17-16(13-24)19(23-7-9-27-10-8-23)22-18(21-17)12-14-3-2-4-15(20)11-14/h2-4,11H,5-10,12-13H2,1H3. The second-order valence-corrected chi connectivity index (χ2v) is 9.12. The van der Waals surface area contributed by atoms with Gasteiger partial charge in [0.15, 0.2) is 0 Å². The fourth-order valence-electron chi connectivity index (χ4n) is 3.65. The lowest BCUT2D eigenvalue weighted by Crippen LogP contribution is -2.41. The van der Waals surface area contributed by atoms with E-state index in [-0.39, 0.29) is 12.4 Å². The summed E-state index contributed by atoms with van der Waals surface area (Å²) in [6.07, 6.45) is 2.20. The van der Waals surface area contributed by atoms with E-state index >= 15 is 0 Å². The van der Waals surface area contributed by atoms with Crippen LogP contribution in [-0.2, 0) is 34.1 Å². The summed E-state index contributed by atoms with van der Waals surface area (Å²) in [4.78, 5) is 11.6. The second-order valence-electron chi connectivity index (χ2n) is 7.14. The van der Waals surface area contributed by atoms with E-state index < -0.39 is 10.0 Å². The van der Waals surface area contributed by atoms with Gasteiger partial charge >= 0.3 is 0 Å². The number of nitrogens with zero attached hydrogens (tertiary/aromatic N) is 4. The summed E-state index contributed by atoms with van der Waals surface area (Å²) in [7, 11) is -3.29. The zero-order valence-electron chi connectivity index (χ0n) is 15.8. The molecule has 3 heterocycles. The fourth-order valence-corrected chi connectivity index (χ4v) is 4.44. The summed E-state index contributed by atoms with van der Waals surface area (Å²) in [6, 6.07) is 6.43. The number of halogens is 1. The molecule has 1 saturated heterocycles. The average Bonchev–Trinajstić information content (AvgIpc) is 2.67. The minimum atomic E-state index is -3.29. The minimum Gasteiger partial charge on any atom is -0.378 e. The number of ether oxygens (including phenoxy) is 1. The Morgan fingerprint density at radius 2 is 1.96 bits per heavy atom. The molecule has 0 bridgehead atoms. The van der Waals surface area contributed by atoms with Gasteiger partial charge in [-0.1, -0.05) is 12.1 Å². The number of sulfonamides is 1. The van der Waals surface area contributed by atoms with Gasteiger partial charge in [0.2, 0.25) is 10.0 Å². The third kappa shape index (κ3) is 4.16. The lowest BCUT2D eigenvalue weighted by Gasteiger charge is -2.33. The van der Waals surface area contributed by atoms with Gasteiger partial charge in [-0.25, -0.2) is 22.8 Å². The van der Waals surface area contributed by atoms with E-state index in [1.807, 2.05) is 6.07 Å². The second kappa shape index (κ2) is 7.73. The molecule has 2 aliphatic heterocycles. The Labute approximate surface area is 164 Å². The number of hydrogen-bond acceptors (Lipinski definition) is 6. The molecule has 0 amide bonds. The maximum Gasteiger partial charge on any atom is 0.211 e. The summed E-state index contributed by atoms with van der Waals surface area (Å²) in [5.74, 6) is 1.11. The molecule has 0 radical (unpaired) electrons. The number of morpholine rings is 1. The predicted octanol–water partition coefficient (Wildman–Crippen LogP) is 1.36. The lowest BCUT2D eigenvalue weighted by atomic mass is 10.1. The van der Waals surface area contributed by atoms with Crippen LogP contribution < -0.4 is 4.90 Å². The van der Waals surface area contributed by atoms with Crippen molar-refractivity contribution in [2.75, 3.05) is 44.0 Å². The molecule has 1 aromatic heterocycles. The highest BCUT2D eigenvalue weighted by atomic mass is 32.2. The van der Waals surface area contributed by atoms with Gasteiger partial charge in [-0.05, 0) is 17.7 Å². The maximum atomic E-state index is 13.5. The molecule has 1 fully saturated rings. The molecule has 0 atom stereocenters. The number of rotatable bonds is 4. The first-order valence-electron chi connectivity index (χ1n) is 9.31. The van der Waals surface area contributed by atoms with E-state index in [4.69, 9.17) is 14.7 Å². The number of fused-ring (bicyclic) bond motifs is 1. The van der Waals surface area contributed by atoms with Crippen LogP contribution in [0.3, 0.4) is 0 Å². The summed E-state index contributed by atoms with van der Waals surface area (Å²) in [5, 5.41) is 0. The van der Waals surface area contributed by atoms with Crippen molar-refractivity contribution in [2.24, 2.45) is 0 Å². The van der Waals surface area contributed by atoms with Gasteiger partial charge in [-0.3, -0.25) is 0 Å². The van der Waals surface area contributed by atoms with E-state index in [1.54, 1.807) is 6.07 Å². The van der Waals surface area contributed by atoms with E-state index in [9.17, 15) is 12.8 Å². The number of anilines is 1. The molecule has 0 saturated carbocycles. The largest absolute Gasteiger partial charge is 0.378 e. The van der Waals surface area contributed by atoms with Crippen molar-refractivity contribution in [3.05, 3.63) is 52.7 Å². The van der Waals surface area contributed by atoms with Gasteiger partial charge < -0.3 is 9.64 Å². The topological polar surface area (TPSA) is 75.6 Å².